The molecular formula is C65H86ClN11O19S. The van der Waals surface area contributed by atoms with E-state index in [0.717, 1.165) is 16.0 Å². The highest BCUT2D eigenvalue weighted by Crippen LogP contribution is 2.49. The number of alkyl carbamates (subject to hydrolysis) is 1. The number of aromatic nitrogens is 1. The predicted molar refractivity (Wildman–Crippen MR) is 355 cm³/mol. The summed E-state index contributed by atoms with van der Waals surface area (Å²) in [4.78, 5) is 144. The molecule has 0 unspecified atom stereocenters. The molecule has 5 heterocycles. The third kappa shape index (κ3) is 19.6. The fourth-order valence-corrected chi connectivity index (χ4v) is 11.9. The number of ether oxygens (including phenoxy) is 7. The van der Waals surface area contributed by atoms with Crippen LogP contribution in [-0.2, 0) is 73.2 Å². The number of anilines is 2. The number of halogens is 1. The highest BCUT2D eigenvalue weighted by atomic mass is 35.5. The molecule has 528 valence electrons. The molecule has 0 spiro atoms. The Morgan fingerprint density at radius 2 is 1.67 bits per heavy atom. The fourth-order valence-electron chi connectivity index (χ4n) is 11.3. The van der Waals surface area contributed by atoms with Crippen LogP contribution in [0.5, 0.6) is 5.75 Å². The van der Waals surface area contributed by atoms with Gasteiger partial charge in [0.05, 0.1) is 74.9 Å². The van der Waals surface area contributed by atoms with Crippen molar-refractivity contribution in [1.82, 2.24) is 41.5 Å². The number of aliphatic hydroxyl groups is 1. The monoisotopic (exact) mass is 1390 g/mol. The van der Waals surface area contributed by atoms with Gasteiger partial charge < -0.3 is 85.2 Å². The first kappa shape index (κ1) is 75.8. The third-order valence-electron chi connectivity index (χ3n) is 17.1. The number of thiocarbonyl (C=S) groups is 1. The molecule has 0 aliphatic carbocycles. The van der Waals surface area contributed by atoms with Crippen molar-refractivity contribution >= 4 is 111 Å². The summed E-state index contributed by atoms with van der Waals surface area (Å²) in [6.45, 7) is 11.0. The van der Waals surface area contributed by atoms with Gasteiger partial charge in [0.25, 0.3) is 17.7 Å². The van der Waals surface area contributed by atoms with Crippen molar-refractivity contribution in [2.75, 3.05) is 78.0 Å². The molecular weight excluding hydrogens is 1310 g/mol. The van der Waals surface area contributed by atoms with Gasteiger partial charge in [0.1, 0.15) is 52.8 Å². The number of fused-ring (bicyclic) bond motifs is 6. The third-order valence-corrected chi connectivity index (χ3v) is 17.7. The van der Waals surface area contributed by atoms with E-state index >= 15 is 0 Å². The normalized spacial score (nSPS) is 23.6. The molecule has 4 aliphatic rings. The lowest BCUT2D eigenvalue weighted by Gasteiger charge is -2.42. The molecule has 0 radical (unpaired) electrons. The molecule has 0 saturated carbocycles. The summed E-state index contributed by atoms with van der Waals surface area (Å²) in [5.41, 5.74) is 4.24. The Bertz CT molecular complexity index is 3510. The Hall–Kier alpha value is -8.59. The van der Waals surface area contributed by atoms with Gasteiger partial charge in [0.2, 0.25) is 17.7 Å². The Labute approximate surface area is 571 Å². The molecule has 10 atom stereocenters. The first-order valence-corrected chi connectivity index (χ1v) is 32.4. The number of nitrogens with one attached hydrogen (secondary N) is 6. The fraction of sp³-hybridized carbons (Fsp3) is 0.538. The molecule has 32 heteroatoms. The zero-order chi connectivity index (χ0) is 71.1. The van der Waals surface area contributed by atoms with Crippen molar-refractivity contribution in [2.24, 2.45) is 17.6 Å². The molecule has 4 bridgehead atoms. The van der Waals surface area contributed by atoms with Crippen molar-refractivity contribution in [1.29, 1.82) is 0 Å². The number of carbonyl (C=O) groups excluding carboxylic acids is 10. The summed E-state index contributed by atoms with van der Waals surface area (Å²) in [5.74, 6) is -6.07. The minimum atomic E-state index is -1.93. The number of imide groups is 1. The standard InChI is InChI=1S/C65H86ClN11O19S/c1-35(2)54(73-62(97)70-25-27-92-29-28-91-26-22-52(81)96-77-49(78)20-21-50(77)79)58(83)72-43(16-13-24-69-61(67)86)57(82)71-42-19-18-41(55-40(42)15-12-23-68-55)59(84)75(7)38(5)60(85)94-48-33-51(80)76(8)44-31-39(32-45(89-9)53(44)66)30-36(3)14-11-17-47(90-10)65(88)34-46(93-63(87)74-65)37(4)56-64(48,6)95-56/h11-12,14-15,17-19,23,31-32,35,37-38,43,46-48,54,56,88H,13,16,20-22,24-30,33-34H2,1-10H3,(H,71,82)(H,72,83)(H,74,87)(H3,67,69,86)(H2,70,73,97)/b17-11+,36-14+/t37-,38+,43+,46+,47-,48+,54+,56+,64+,65+/m1/s1. The molecule has 1 aromatic heterocycles. The van der Waals surface area contributed by atoms with E-state index in [1.54, 1.807) is 64.1 Å². The number of methoxy groups -OCH3 is 2. The molecule has 3 saturated heterocycles. The topological polar surface area (TPSA) is 389 Å². The summed E-state index contributed by atoms with van der Waals surface area (Å²) in [5, 5.41) is 29.7. The summed E-state index contributed by atoms with van der Waals surface area (Å²) < 4.78 is 40.7. The van der Waals surface area contributed by atoms with Crippen LogP contribution >= 0.6 is 23.8 Å². The van der Waals surface area contributed by atoms with Gasteiger partial charge in [-0.25, -0.2) is 19.2 Å². The first-order chi connectivity index (χ1) is 46.0. The van der Waals surface area contributed by atoms with Crippen molar-refractivity contribution < 1.29 is 91.0 Å². The number of hydroxylamine groups is 2. The minimum Gasteiger partial charge on any atom is -0.495 e. The van der Waals surface area contributed by atoms with E-state index in [2.05, 4.69) is 36.9 Å². The number of epoxide rings is 1. The van der Waals surface area contributed by atoms with Gasteiger partial charge in [-0.1, -0.05) is 56.2 Å². The van der Waals surface area contributed by atoms with Gasteiger partial charge in [-0.2, -0.15) is 0 Å². The second-order valence-electron chi connectivity index (χ2n) is 24.5. The Morgan fingerprint density at radius 1 is 0.959 bits per heavy atom. The Morgan fingerprint density at radius 3 is 2.35 bits per heavy atom. The maximum absolute atomic E-state index is 14.7. The van der Waals surface area contributed by atoms with E-state index < -0.39 is 126 Å². The van der Waals surface area contributed by atoms with Crippen molar-refractivity contribution in [2.45, 2.75) is 147 Å². The maximum atomic E-state index is 14.7. The zero-order valence-corrected chi connectivity index (χ0v) is 57.4. The average molecular weight is 1390 g/mol. The largest absolute Gasteiger partial charge is 0.495 e. The van der Waals surface area contributed by atoms with Crippen LogP contribution in [0.2, 0.25) is 5.02 Å². The number of pyridine rings is 1. The lowest BCUT2D eigenvalue weighted by atomic mass is 9.83. The summed E-state index contributed by atoms with van der Waals surface area (Å²) in [7, 11) is 5.75. The number of urea groups is 1. The maximum Gasteiger partial charge on any atom is 0.409 e. The minimum absolute atomic E-state index is 0.0157. The van der Waals surface area contributed by atoms with Crippen LogP contribution in [0.25, 0.3) is 10.9 Å². The van der Waals surface area contributed by atoms with Crippen molar-refractivity contribution in [3.63, 3.8) is 0 Å². The molecule has 3 fully saturated rings. The highest BCUT2D eigenvalue weighted by molar-refractivity contribution is 7.80. The van der Waals surface area contributed by atoms with Crippen LogP contribution in [0.3, 0.4) is 0 Å². The molecule has 3 aromatic rings. The molecule has 97 heavy (non-hydrogen) atoms. The van der Waals surface area contributed by atoms with E-state index in [9.17, 15) is 53.1 Å². The Kier molecular flexibility index (Phi) is 26.6. The SMILES string of the molecule is COc1cc2cc(c1Cl)N(C)C(=O)C[C@H](OC(=O)[C@H](C)N(C)C(=O)c1ccc(NC(=O)[C@H](CCCNC(N)=O)NC(=O)[C@@H](NC(=S)NCCOCCOCCC(=O)ON3C(=O)CCC3=O)C(C)C)c3cccnc13)[C@]1(C)O[C@H]1[C@H](C)[C@@H]1C[C@@](O)(NC(=O)O1)[C@H](OC)/C=C/C=C(\C)C2. The quantitative estimate of drug-likeness (QED) is 0.0186. The second-order valence-corrected chi connectivity index (χ2v) is 25.3. The van der Waals surface area contributed by atoms with Gasteiger partial charge in [0, 0.05) is 71.1 Å². The number of hydrogen-bond donors (Lipinski definition) is 8. The Balaban J connectivity index is 1.02. The number of nitrogens with two attached hydrogens (primary N) is 1. The van der Waals surface area contributed by atoms with Crippen LogP contribution in [-0.4, -0.2) is 206 Å². The van der Waals surface area contributed by atoms with Crippen LogP contribution < -0.4 is 47.3 Å². The summed E-state index contributed by atoms with van der Waals surface area (Å²) >= 11 is 12.4. The molecule has 9 N–H and O–H groups in total. The first-order valence-electron chi connectivity index (χ1n) is 31.7. The van der Waals surface area contributed by atoms with Crippen LogP contribution in [0.4, 0.5) is 21.0 Å². The number of primary amides is 1. The van der Waals surface area contributed by atoms with Crippen LogP contribution in [0.1, 0.15) is 102 Å². The van der Waals surface area contributed by atoms with Gasteiger partial charge in [-0.3, -0.25) is 39.1 Å². The molecule has 30 nitrogen and oxygen atoms in total. The number of hydrogen-bond acceptors (Lipinski definition) is 21. The van der Waals surface area contributed by atoms with E-state index in [0.29, 0.717) is 28.3 Å². The zero-order valence-electron chi connectivity index (χ0n) is 55.8. The number of allylic oxidation sites excluding steroid dienone is 3. The van der Waals surface area contributed by atoms with E-state index in [-0.39, 0.29) is 111 Å². The number of likely N-dealkylation sites (N-methyl/N-ethyl adjacent to an activating group) is 1. The summed E-state index contributed by atoms with van der Waals surface area (Å²) in [6.07, 6.45) is 1.32. The second kappa shape index (κ2) is 34.1. The number of amides is 9. The smallest absolute Gasteiger partial charge is 0.409 e. The molecule has 4 aliphatic heterocycles. The van der Waals surface area contributed by atoms with Crippen molar-refractivity contribution in [3.8, 4) is 5.75 Å². The van der Waals surface area contributed by atoms with Crippen LogP contribution in [0.15, 0.2) is 66.4 Å². The lowest BCUT2D eigenvalue weighted by molar-refractivity contribution is -0.198. The lowest BCUT2D eigenvalue weighted by Crippen LogP contribution is -2.63. The number of esters is 1. The van der Waals surface area contributed by atoms with Crippen LogP contribution in [0, 0.1) is 11.8 Å². The predicted octanol–water partition coefficient (Wildman–Crippen LogP) is 3.77. The average Bonchev–Trinajstić information content (AvgIpc) is 1.58. The van der Waals surface area contributed by atoms with E-state index in [1.165, 1.54) is 58.5 Å². The number of carbonyl (C=O) groups is 10. The summed E-state index contributed by atoms with van der Waals surface area (Å²) in [6, 6.07) is 5.35. The van der Waals surface area contributed by atoms with Gasteiger partial charge in [0.15, 0.2) is 10.8 Å². The van der Waals surface area contributed by atoms with Gasteiger partial charge >= 0.3 is 24.1 Å². The van der Waals surface area contributed by atoms with Gasteiger partial charge in [-0.15, -0.1) is 5.06 Å². The highest BCUT2D eigenvalue weighted by Gasteiger charge is 2.64. The van der Waals surface area contributed by atoms with E-state index in [4.69, 9.17) is 67.5 Å². The molecule has 9 amide bonds. The number of benzene rings is 2. The number of nitrogens with zero attached hydrogens (tertiary/aromatic N) is 4. The van der Waals surface area contributed by atoms with Gasteiger partial charge in [-0.05, 0) is 100 Å². The molecule has 2 aromatic carbocycles. The molecule has 7 rings (SSSR count). The van der Waals surface area contributed by atoms with E-state index in [1.807, 2.05) is 13.0 Å². The number of rotatable bonds is 26. The van der Waals surface area contributed by atoms with Crippen molar-refractivity contribution in [3.05, 3.63) is 82.5 Å².